The van der Waals surface area contributed by atoms with Crippen LogP contribution in [-0.2, 0) is 11.2 Å². The number of carbonyl (C=O) groups excluding carboxylic acids is 1. The van der Waals surface area contributed by atoms with Crippen molar-refractivity contribution in [2.24, 2.45) is 0 Å². The Labute approximate surface area is 159 Å². The van der Waals surface area contributed by atoms with Gasteiger partial charge in [-0.15, -0.1) is 0 Å². The summed E-state index contributed by atoms with van der Waals surface area (Å²) in [6, 6.07) is 9.87. The largest absolute Gasteiger partial charge is 0.379 e. The van der Waals surface area contributed by atoms with Crippen LogP contribution in [0, 0.1) is 0 Å². The minimum Gasteiger partial charge on any atom is -0.379 e. The number of anilines is 2. The maximum Gasteiger partial charge on any atom is 0.277 e. The first kappa shape index (κ1) is 17.9. The van der Waals surface area contributed by atoms with Crippen molar-refractivity contribution in [3.8, 4) is 0 Å². The second-order valence-electron chi connectivity index (χ2n) is 7.00. The van der Waals surface area contributed by atoms with Crippen molar-refractivity contribution in [3.63, 3.8) is 0 Å². The normalized spacial score (nSPS) is 19.7. The van der Waals surface area contributed by atoms with E-state index < -0.39 is 0 Å². The number of nitrogens with zero attached hydrogens (tertiary/aromatic N) is 4. The summed E-state index contributed by atoms with van der Waals surface area (Å²) in [7, 11) is 0. The van der Waals surface area contributed by atoms with E-state index in [1.165, 1.54) is 5.56 Å². The number of nitrogens with one attached hydrogen (secondary N) is 1. The van der Waals surface area contributed by atoms with Crippen molar-refractivity contribution >= 4 is 17.5 Å². The molecule has 1 N–H and O–H groups in total. The Balaban J connectivity index is 1.42. The second-order valence-corrected chi connectivity index (χ2v) is 7.00. The third-order valence-electron chi connectivity index (χ3n) is 5.12. The average molecular weight is 367 g/mol. The number of rotatable bonds is 5. The minimum absolute atomic E-state index is 0.0777. The summed E-state index contributed by atoms with van der Waals surface area (Å²) in [6.45, 7) is 7.19. The van der Waals surface area contributed by atoms with Gasteiger partial charge in [0.1, 0.15) is 5.69 Å². The summed E-state index contributed by atoms with van der Waals surface area (Å²) in [6.07, 6.45) is 2.52. The van der Waals surface area contributed by atoms with E-state index in [-0.39, 0.29) is 11.9 Å². The van der Waals surface area contributed by atoms with Gasteiger partial charge in [-0.3, -0.25) is 9.69 Å². The molecule has 1 atom stereocenters. The fraction of sp³-hybridized carbons (Fsp3) is 0.450. The van der Waals surface area contributed by atoms with Gasteiger partial charge in [-0.1, -0.05) is 18.2 Å². The molecule has 7 heteroatoms. The zero-order valence-electron chi connectivity index (χ0n) is 15.6. The summed E-state index contributed by atoms with van der Waals surface area (Å²) < 4.78 is 5.36. The highest BCUT2D eigenvalue weighted by molar-refractivity contribution is 6.06. The molecule has 1 amide bonds. The summed E-state index contributed by atoms with van der Waals surface area (Å²) in [4.78, 5) is 26.0. The van der Waals surface area contributed by atoms with Gasteiger partial charge in [0.15, 0.2) is 0 Å². The Kier molecular flexibility index (Phi) is 5.31. The van der Waals surface area contributed by atoms with Crippen molar-refractivity contribution in [2.45, 2.75) is 19.4 Å². The maximum atomic E-state index is 13.1. The standard InChI is InChI=1S/C20H25N5O2/c1-15-14-16-4-2-3-5-18(16)25(15)19(26)17-6-7-21-20(23-17)22-8-9-24-10-12-27-13-11-24/h2-7,15H,8-14H2,1H3,(H,21,22,23). The smallest absolute Gasteiger partial charge is 0.277 e. The molecule has 1 aromatic carbocycles. The van der Waals surface area contributed by atoms with Crippen molar-refractivity contribution in [3.05, 3.63) is 47.8 Å². The number of ether oxygens (including phenoxy) is 1. The van der Waals surface area contributed by atoms with E-state index in [9.17, 15) is 4.79 Å². The third-order valence-corrected chi connectivity index (χ3v) is 5.12. The molecular weight excluding hydrogens is 342 g/mol. The van der Waals surface area contributed by atoms with Crippen molar-refractivity contribution in [1.82, 2.24) is 14.9 Å². The van der Waals surface area contributed by atoms with Gasteiger partial charge in [0.05, 0.1) is 13.2 Å². The number of para-hydroxylation sites is 1. The highest BCUT2D eigenvalue weighted by atomic mass is 16.5. The lowest BCUT2D eigenvalue weighted by molar-refractivity contribution is 0.0398. The Hall–Kier alpha value is -2.51. The molecule has 7 nitrogen and oxygen atoms in total. The van der Waals surface area contributed by atoms with Crippen LogP contribution in [0.2, 0.25) is 0 Å². The molecule has 2 aliphatic rings. The maximum absolute atomic E-state index is 13.1. The van der Waals surface area contributed by atoms with Crippen LogP contribution in [0.5, 0.6) is 0 Å². The fourth-order valence-electron chi connectivity index (χ4n) is 3.71. The van der Waals surface area contributed by atoms with Gasteiger partial charge in [-0.25, -0.2) is 9.97 Å². The third kappa shape index (κ3) is 3.94. The number of fused-ring (bicyclic) bond motifs is 1. The monoisotopic (exact) mass is 367 g/mol. The lowest BCUT2D eigenvalue weighted by atomic mass is 10.1. The predicted octanol–water partition coefficient (Wildman–Crippen LogP) is 1.81. The van der Waals surface area contributed by atoms with Gasteiger partial charge >= 0.3 is 0 Å². The van der Waals surface area contributed by atoms with Crippen LogP contribution in [-0.4, -0.2) is 66.2 Å². The van der Waals surface area contributed by atoms with Crippen LogP contribution in [0.15, 0.2) is 36.5 Å². The van der Waals surface area contributed by atoms with Gasteiger partial charge in [-0.05, 0) is 31.0 Å². The Morgan fingerprint density at radius 2 is 2.07 bits per heavy atom. The van der Waals surface area contributed by atoms with E-state index in [2.05, 4.69) is 33.2 Å². The first-order valence-electron chi connectivity index (χ1n) is 9.51. The van der Waals surface area contributed by atoms with E-state index in [4.69, 9.17) is 4.74 Å². The quantitative estimate of drug-likeness (QED) is 0.869. The number of carbonyl (C=O) groups is 1. The molecule has 1 saturated heterocycles. The first-order valence-corrected chi connectivity index (χ1v) is 9.51. The number of hydrogen-bond acceptors (Lipinski definition) is 6. The van der Waals surface area contributed by atoms with Gasteiger partial charge in [0.2, 0.25) is 5.95 Å². The summed E-state index contributed by atoms with van der Waals surface area (Å²) >= 11 is 0. The number of hydrogen-bond donors (Lipinski definition) is 1. The Morgan fingerprint density at radius 1 is 1.26 bits per heavy atom. The molecule has 3 heterocycles. The number of aromatic nitrogens is 2. The highest BCUT2D eigenvalue weighted by Crippen LogP contribution is 2.32. The Bertz CT molecular complexity index is 806. The molecule has 0 aliphatic carbocycles. The van der Waals surface area contributed by atoms with Crippen molar-refractivity contribution in [2.75, 3.05) is 49.6 Å². The number of morpholine rings is 1. The molecule has 1 fully saturated rings. The van der Waals surface area contributed by atoms with Crippen LogP contribution in [0.4, 0.5) is 11.6 Å². The molecule has 0 saturated carbocycles. The summed E-state index contributed by atoms with van der Waals surface area (Å²) in [5.41, 5.74) is 2.61. The van der Waals surface area contributed by atoms with Gasteiger partial charge < -0.3 is 15.0 Å². The second kappa shape index (κ2) is 8.02. The number of benzene rings is 1. The molecule has 2 aliphatic heterocycles. The van der Waals surface area contributed by atoms with E-state index in [1.807, 2.05) is 23.1 Å². The highest BCUT2D eigenvalue weighted by Gasteiger charge is 2.31. The molecule has 2 aromatic rings. The SMILES string of the molecule is CC1Cc2ccccc2N1C(=O)c1ccnc(NCCN2CCOCC2)n1. The van der Waals surface area contributed by atoms with Crippen LogP contribution in [0.25, 0.3) is 0 Å². The fourth-order valence-corrected chi connectivity index (χ4v) is 3.71. The average Bonchev–Trinajstić information content (AvgIpc) is 3.04. The van der Waals surface area contributed by atoms with E-state index in [1.54, 1.807) is 12.3 Å². The number of amides is 1. The zero-order chi connectivity index (χ0) is 18.6. The Morgan fingerprint density at radius 3 is 2.93 bits per heavy atom. The molecule has 0 radical (unpaired) electrons. The predicted molar refractivity (Wildman–Crippen MR) is 104 cm³/mol. The van der Waals surface area contributed by atoms with Crippen LogP contribution in [0.1, 0.15) is 23.0 Å². The van der Waals surface area contributed by atoms with E-state index in [0.29, 0.717) is 11.6 Å². The molecule has 27 heavy (non-hydrogen) atoms. The van der Waals surface area contributed by atoms with Crippen molar-refractivity contribution in [1.29, 1.82) is 0 Å². The van der Waals surface area contributed by atoms with E-state index in [0.717, 1.165) is 51.5 Å². The van der Waals surface area contributed by atoms with Crippen molar-refractivity contribution < 1.29 is 9.53 Å². The molecular formula is C20H25N5O2. The lowest BCUT2D eigenvalue weighted by Crippen LogP contribution is -2.39. The molecule has 4 rings (SSSR count). The van der Waals surface area contributed by atoms with Gasteiger partial charge in [0, 0.05) is 44.1 Å². The van der Waals surface area contributed by atoms with Gasteiger partial charge in [-0.2, -0.15) is 0 Å². The minimum atomic E-state index is -0.0777. The summed E-state index contributed by atoms with van der Waals surface area (Å²) in [5, 5.41) is 3.23. The van der Waals surface area contributed by atoms with Crippen LogP contribution < -0.4 is 10.2 Å². The topological polar surface area (TPSA) is 70.6 Å². The molecule has 0 bridgehead atoms. The van der Waals surface area contributed by atoms with Crippen LogP contribution in [0.3, 0.4) is 0 Å². The molecule has 1 unspecified atom stereocenters. The van der Waals surface area contributed by atoms with Crippen LogP contribution >= 0.6 is 0 Å². The van der Waals surface area contributed by atoms with E-state index >= 15 is 0 Å². The molecule has 142 valence electrons. The van der Waals surface area contributed by atoms with Gasteiger partial charge in [0.25, 0.3) is 5.91 Å². The first-order chi connectivity index (χ1) is 13.2. The molecule has 0 spiro atoms. The summed E-state index contributed by atoms with van der Waals surface area (Å²) in [5.74, 6) is 0.417. The zero-order valence-corrected chi connectivity index (χ0v) is 15.6. The molecule has 1 aromatic heterocycles. The lowest BCUT2D eigenvalue weighted by Gasteiger charge is -2.26.